The zero-order valence-corrected chi connectivity index (χ0v) is 11.2. The molecule has 4 nitrogen and oxygen atoms in total. The summed E-state index contributed by atoms with van der Waals surface area (Å²) < 4.78 is 6.45. The molecule has 0 aliphatic heterocycles. The van der Waals surface area contributed by atoms with E-state index >= 15 is 0 Å². The van der Waals surface area contributed by atoms with Crippen molar-refractivity contribution in [3.8, 4) is 0 Å². The first-order valence-electron chi connectivity index (χ1n) is 6.99. The smallest absolute Gasteiger partial charge is 0.407 e. The lowest BCUT2D eigenvalue weighted by Gasteiger charge is -2.16. The van der Waals surface area contributed by atoms with E-state index in [0.717, 1.165) is 18.4 Å². The Kier molecular flexibility index (Phi) is 2.31. The van der Waals surface area contributed by atoms with Crippen molar-refractivity contribution in [2.45, 2.75) is 19.8 Å². The van der Waals surface area contributed by atoms with E-state index in [1.54, 1.807) is 6.07 Å². The highest BCUT2D eigenvalue weighted by Crippen LogP contribution is 2.44. The van der Waals surface area contributed by atoms with E-state index in [4.69, 9.17) is 4.42 Å². The number of rotatable bonds is 1. The summed E-state index contributed by atoms with van der Waals surface area (Å²) in [6.07, 6.45) is 6.21. The maximum absolute atomic E-state index is 12.8. The van der Waals surface area contributed by atoms with Gasteiger partial charge >= 0.3 is 5.76 Å². The summed E-state index contributed by atoms with van der Waals surface area (Å²) in [5.41, 5.74) is 2.00. The molecule has 2 aromatic rings. The van der Waals surface area contributed by atoms with Crippen LogP contribution in [0.4, 0.5) is 0 Å². The number of fused-ring (bicyclic) bond motifs is 3. The number of carbonyl (C=O) groups excluding carboxylic acids is 1. The number of benzene rings is 1. The second-order valence-electron chi connectivity index (χ2n) is 5.85. The van der Waals surface area contributed by atoms with Gasteiger partial charge in [0.2, 0.25) is 5.91 Å². The number of nitrogens with zero attached hydrogens (tertiary/aromatic N) is 1. The molecule has 0 N–H and O–H groups in total. The molecule has 0 spiro atoms. The first-order chi connectivity index (χ1) is 9.65. The van der Waals surface area contributed by atoms with Gasteiger partial charge in [-0.2, -0.15) is 0 Å². The minimum absolute atomic E-state index is 0.0805. The molecule has 0 amide bonds. The highest BCUT2D eigenvalue weighted by molar-refractivity contribution is 5.92. The highest BCUT2D eigenvalue weighted by atomic mass is 16.4. The number of allylic oxidation sites excluding steroid dienone is 2. The van der Waals surface area contributed by atoms with Gasteiger partial charge in [0.05, 0.1) is 0 Å². The Morgan fingerprint density at radius 2 is 2.15 bits per heavy atom. The molecular formula is C16H15NO3. The summed E-state index contributed by atoms with van der Waals surface area (Å²) >= 11 is 0. The molecule has 0 radical (unpaired) electrons. The maximum atomic E-state index is 12.8. The number of aromatic nitrogens is 1. The Hall–Kier alpha value is -2.10. The van der Waals surface area contributed by atoms with Gasteiger partial charge < -0.3 is 4.42 Å². The minimum Gasteiger partial charge on any atom is -0.407 e. The van der Waals surface area contributed by atoms with Gasteiger partial charge in [-0.25, -0.2) is 9.36 Å². The van der Waals surface area contributed by atoms with E-state index in [1.807, 2.05) is 19.1 Å². The van der Waals surface area contributed by atoms with Crippen LogP contribution in [-0.4, -0.2) is 10.5 Å². The molecule has 1 saturated carbocycles. The molecule has 4 rings (SSSR count). The number of carbonyl (C=O) groups is 1. The molecular weight excluding hydrogens is 254 g/mol. The van der Waals surface area contributed by atoms with Crippen LogP contribution in [0.5, 0.6) is 0 Å². The van der Waals surface area contributed by atoms with Crippen molar-refractivity contribution >= 4 is 17.0 Å². The quantitative estimate of drug-likeness (QED) is 0.748. The predicted molar refractivity (Wildman–Crippen MR) is 74.7 cm³/mol. The monoisotopic (exact) mass is 269 g/mol. The van der Waals surface area contributed by atoms with Crippen molar-refractivity contribution in [1.29, 1.82) is 0 Å². The zero-order valence-electron chi connectivity index (χ0n) is 11.2. The predicted octanol–water partition coefficient (Wildman–Crippen LogP) is 2.76. The molecule has 1 heterocycles. The topological polar surface area (TPSA) is 52.2 Å². The Bertz CT molecular complexity index is 796. The largest absolute Gasteiger partial charge is 0.426 e. The summed E-state index contributed by atoms with van der Waals surface area (Å²) in [4.78, 5) is 24.8. The van der Waals surface area contributed by atoms with E-state index < -0.39 is 5.76 Å². The van der Waals surface area contributed by atoms with E-state index in [0.29, 0.717) is 17.0 Å². The van der Waals surface area contributed by atoms with E-state index in [2.05, 4.69) is 12.2 Å². The van der Waals surface area contributed by atoms with Crippen LogP contribution >= 0.6 is 0 Å². The molecule has 2 aliphatic carbocycles. The second-order valence-corrected chi connectivity index (χ2v) is 5.85. The number of para-hydroxylation sites is 1. The Morgan fingerprint density at radius 1 is 1.30 bits per heavy atom. The van der Waals surface area contributed by atoms with Crippen molar-refractivity contribution in [3.05, 3.63) is 46.5 Å². The van der Waals surface area contributed by atoms with Gasteiger partial charge in [0.25, 0.3) is 0 Å². The summed E-state index contributed by atoms with van der Waals surface area (Å²) in [5.74, 6) is 0.0336. The number of oxazole rings is 1. The normalized spacial score (nSPS) is 27.6. The molecule has 1 aromatic heterocycles. The number of hydrogen-bond acceptors (Lipinski definition) is 3. The summed E-state index contributed by atoms with van der Waals surface area (Å²) in [7, 11) is 0. The van der Waals surface area contributed by atoms with Crippen LogP contribution in [0, 0.1) is 24.7 Å². The molecule has 2 aliphatic rings. The first kappa shape index (κ1) is 11.7. The summed E-state index contributed by atoms with van der Waals surface area (Å²) in [6.45, 7) is 1.89. The molecule has 3 atom stereocenters. The molecule has 20 heavy (non-hydrogen) atoms. The molecule has 0 unspecified atom stereocenters. The van der Waals surface area contributed by atoms with Crippen LogP contribution < -0.4 is 5.76 Å². The van der Waals surface area contributed by atoms with Gasteiger partial charge in [-0.3, -0.25) is 4.79 Å². The van der Waals surface area contributed by atoms with Crippen LogP contribution in [-0.2, 0) is 0 Å². The van der Waals surface area contributed by atoms with Crippen LogP contribution in [0.2, 0.25) is 0 Å². The van der Waals surface area contributed by atoms with Gasteiger partial charge in [0, 0.05) is 5.92 Å². The molecule has 0 saturated heterocycles. The molecule has 1 aromatic carbocycles. The van der Waals surface area contributed by atoms with Crippen LogP contribution in [0.15, 0.2) is 39.6 Å². The molecule has 2 bridgehead atoms. The maximum Gasteiger partial charge on any atom is 0.426 e. The minimum atomic E-state index is -0.564. The lowest BCUT2D eigenvalue weighted by Crippen LogP contribution is -2.31. The van der Waals surface area contributed by atoms with Crippen molar-refractivity contribution in [3.63, 3.8) is 0 Å². The average molecular weight is 269 g/mol. The third-order valence-electron chi connectivity index (χ3n) is 4.62. The van der Waals surface area contributed by atoms with Gasteiger partial charge in [0.15, 0.2) is 5.58 Å². The highest BCUT2D eigenvalue weighted by Gasteiger charge is 2.41. The van der Waals surface area contributed by atoms with Gasteiger partial charge in [0.1, 0.15) is 5.52 Å². The zero-order chi connectivity index (χ0) is 13.9. The van der Waals surface area contributed by atoms with E-state index in [9.17, 15) is 9.59 Å². The van der Waals surface area contributed by atoms with E-state index in [1.165, 1.54) is 4.57 Å². The Morgan fingerprint density at radius 3 is 2.85 bits per heavy atom. The molecule has 102 valence electrons. The van der Waals surface area contributed by atoms with Gasteiger partial charge in [-0.15, -0.1) is 0 Å². The van der Waals surface area contributed by atoms with Crippen molar-refractivity contribution in [2.75, 3.05) is 0 Å². The summed E-state index contributed by atoms with van der Waals surface area (Å²) in [5, 5.41) is 0. The van der Waals surface area contributed by atoms with Gasteiger partial charge in [-0.05, 0) is 43.2 Å². The Balaban J connectivity index is 1.86. The third kappa shape index (κ3) is 1.48. The van der Waals surface area contributed by atoms with Crippen LogP contribution in [0.1, 0.15) is 23.2 Å². The summed E-state index contributed by atoms with van der Waals surface area (Å²) in [6, 6.07) is 5.45. The van der Waals surface area contributed by atoms with Crippen LogP contribution in [0.3, 0.4) is 0 Å². The Labute approximate surface area is 115 Å². The van der Waals surface area contributed by atoms with Crippen molar-refractivity contribution in [1.82, 2.24) is 4.57 Å². The number of hydrogen-bond donors (Lipinski definition) is 0. The SMILES string of the molecule is Cc1cccc2oc(=O)n(C(=O)[C@H]3C[C@H]4C=C[C@@H]3C4)c12. The fraction of sp³-hybridized carbons (Fsp3) is 0.375. The van der Waals surface area contributed by atoms with Crippen molar-refractivity contribution < 1.29 is 9.21 Å². The standard InChI is InChI=1S/C16H15NO3/c1-9-3-2-4-13-14(9)17(16(19)20-13)15(18)12-8-10-5-6-11(12)7-10/h2-6,10-12H,7-8H2,1H3/t10-,11+,12-/m0/s1. The number of aryl methyl sites for hydroxylation is 1. The molecule has 1 fully saturated rings. The fourth-order valence-electron chi connectivity index (χ4n) is 3.66. The fourth-order valence-corrected chi connectivity index (χ4v) is 3.66. The lowest BCUT2D eigenvalue weighted by atomic mass is 9.92. The lowest BCUT2D eigenvalue weighted by molar-refractivity contribution is 0.0810. The first-order valence-corrected chi connectivity index (χ1v) is 6.99. The van der Waals surface area contributed by atoms with Crippen LogP contribution in [0.25, 0.3) is 11.1 Å². The van der Waals surface area contributed by atoms with E-state index in [-0.39, 0.29) is 17.7 Å². The molecule has 4 heteroatoms. The third-order valence-corrected chi connectivity index (χ3v) is 4.62. The average Bonchev–Trinajstić information content (AvgIpc) is 3.11. The second kappa shape index (κ2) is 3.95. The van der Waals surface area contributed by atoms with Gasteiger partial charge in [-0.1, -0.05) is 24.3 Å². The van der Waals surface area contributed by atoms with Crippen molar-refractivity contribution in [2.24, 2.45) is 17.8 Å².